The Bertz CT molecular complexity index is 999. The first kappa shape index (κ1) is 23.1. The van der Waals surface area contributed by atoms with Gasteiger partial charge in [0.25, 0.3) is 5.91 Å². The molecule has 2 aromatic rings. The lowest BCUT2D eigenvalue weighted by atomic mass is 10.1. The fourth-order valence-corrected chi connectivity index (χ4v) is 3.71. The Morgan fingerprint density at radius 2 is 1.88 bits per heavy atom. The molecule has 1 saturated heterocycles. The largest absolute Gasteiger partial charge is 0.374 e. The average molecular weight is 459 g/mol. The van der Waals surface area contributed by atoms with Crippen molar-refractivity contribution in [2.24, 2.45) is 0 Å². The maximum absolute atomic E-state index is 13.4. The molecule has 9 heteroatoms. The standard InChI is InChI=1S/C24H28F2N4O3/c25-21-7-4-17(11-22(21)26)14-30-8-9-33-20(15-30)13-28-24(32)27-12-16-2-1-3-18(10-16)23(31)29-19-5-6-19/h1-4,7,10-11,19-20H,5-6,8-9,12-15H2,(H,29,31)(H2,27,28,32)/t20-/m0/s1. The Balaban J connectivity index is 1.19. The van der Waals surface area contributed by atoms with Crippen molar-refractivity contribution in [1.82, 2.24) is 20.9 Å². The number of urea groups is 1. The van der Waals surface area contributed by atoms with Crippen LogP contribution in [-0.4, -0.2) is 55.2 Å². The van der Waals surface area contributed by atoms with Crippen molar-refractivity contribution in [2.45, 2.75) is 38.1 Å². The molecular formula is C24H28F2N4O3. The van der Waals surface area contributed by atoms with E-state index in [2.05, 4.69) is 20.9 Å². The molecule has 0 radical (unpaired) electrons. The number of hydrogen-bond acceptors (Lipinski definition) is 4. The molecule has 0 spiro atoms. The van der Waals surface area contributed by atoms with E-state index in [1.807, 2.05) is 6.07 Å². The molecule has 3 amide bonds. The summed E-state index contributed by atoms with van der Waals surface area (Å²) < 4.78 is 32.3. The van der Waals surface area contributed by atoms with Crippen LogP contribution in [0, 0.1) is 11.6 Å². The van der Waals surface area contributed by atoms with Gasteiger partial charge in [-0.1, -0.05) is 18.2 Å². The van der Waals surface area contributed by atoms with Crippen LogP contribution in [0.25, 0.3) is 0 Å². The van der Waals surface area contributed by atoms with E-state index in [1.54, 1.807) is 24.3 Å². The molecule has 1 saturated carbocycles. The van der Waals surface area contributed by atoms with Crippen LogP contribution in [0.4, 0.5) is 13.6 Å². The number of benzene rings is 2. The number of ether oxygens (including phenoxy) is 1. The van der Waals surface area contributed by atoms with E-state index >= 15 is 0 Å². The fourth-order valence-electron chi connectivity index (χ4n) is 3.71. The number of nitrogens with one attached hydrogen (secondary N) is 3. The van der Waals surface area contributed by atoms with Crippen LogP contribution in [0.1, 0.15) is 34.3 Å². The molecule has 0 unspecified atom stereocenters. The summed E-state index contributed by atoms with van der Waals surface area (Å²) in [6.45, 7) is 2.83. The zero-order valence-corrected chi connectivity index (χ0v) is 18.3. The zero-order chi connectivity index (χ0) is 23.2. The van der Waals surface area contributed by atoms with E-state index in [9.17, 15) is 18.4 Å². The monoisotopic (exact) mass is 458 g/mol. The third kappa shape index (κ3) is 6.97. The predicted molar refractivity (Wildman–Crippen MR) is 119 cm³/mol. The minimum Gasteiger partial charge on any atom is -0.374 e. The smallest absolute Gasteiger partial charge is 0.315 e. The first-order valence-corrected chi connectivity index (χ1v) is 11.2. The van der Waals surface area contributed by atoms with Gasteiger partial charge in [-0.3, -0.25) is 9.69 Å². The van der Waals surface area contributed by atoms with E-state index in [4.69, 9.17) is 4.74 Å². The van der Waals surface area contributed by atoms with Gasteiger partial charge in [0.1, 0.15) is 0 Å². The highest BCUT2D eigenvalue weighted by Crippen LogP contribution is 2.19. The summed E-state index contributed by atoms with van der Waals surface area (Å²) in [6.07, 6.45) is 1.85. The van der Waals surface area contributed by atoms with E-state index in [0.29, 0.717) is 56.5 Å². The van der Waals surface area contributed by atoms with Crippen LogP contribution < -0.4 is 16.0 Å². The number of morpholine rings is 1. The number of hydrogen-bond donors (Lipinski definition) is 3. The molecule has 1 atom stereocenters. The van der Waals surface area contributed by atoms with Gasteiger partial charge in [0.05, 0.1) is 12.7 Å². The second-order valence-corrected chi connectivity index (χ2v) is 8.49. The van der Waals surface area contributed by atoms with Crippen molar-refractivity contribution >= 4 is 11.9 Å². The third-order valence-corrected chi connectivity index (χ3v) is 5.66. The molecule has 4 rings (SSSR count). The van der Waals surface area contributed by atoms with Crippen molar-refractivity contribution in [3.63, 3.8) is 0 Å². The number of rotatable bonds is 8. The molecule has 1 heterocycles. The van der Waals surface area contributed by atoms with Crippen LogP contribution in [0.3, 0.4) is 0 Å². The number of amides is 3. The lowest BCUT2D eigenvalue weighted by Crippen LogP contribution is -2.48. The molecule has 0 aromatic heterocycles. The lowest BCUT2D eigenvalue weighted by molar-refractivity contribution is -0.0287. The minimum atomic E-state index is -0.859. The number of carbonyl (C=O) groups excluding carboxylic acids is 2. The van der Waals surface area contributed by atoms with Crippen LogP contribution in [0.5, 0.6) is 0 Å². The summed E-state index contributed by atoms with van der Waals surface area (Å²) in [5, 5.41) is 8.55. The molecule has 3 N–H and O–H groups in total. The summed E-state index contributed by atoms with van der Waals surface area (Å²) in [5.74, 6) is -1.81. The van der Waals surface area contributed by atoms with Gasteiger partial charge in [0.2, 0.25) is 0 Å². The first-order chi connectivity index (χ1) is 16.0. The quantitative estimate of drug-likeness (QED) is 0.568. The Hall–Kier alpha value is -3.04. The van der Waals surface area contributed by atoms with E-state index in [-0.39, 0.29) is 18.0 Å². The van der Waals surface area contributed by atoms with Crippen molar-refractivity contribution in [3.8, 4) is 0 Å². The molecule has 7 nitrogen and oxygen atoms in total. The highest BCUT2D eigenvalue weighted by atomic mass is 19.2. The van der Waals surface area contributed by atoms with E-state index in [1.165, 1.54) is 6.07 Å². The Morgan fingerprint density at radius 1 is 1.03 bits per heavy atom. The number of halogens is 2. The second kappa shape index (κ2) is 10.7. The summed E-state index contributed by atoms with van der Waals surface area (Å²) in [7, 11) is 0. The van der Waals surface area contributed by atoms with Gasteiger partial charge >= 0.3 is 6.03 Å². The van der Waals surface area contributed by atoms with Crippen molar-refractivity contribution in [3.05, 3.63) is 70.8 Å². The van der Waals surface area contributed by atoms with Gasteiger partial charge in [-0.2, -0.15) is 0 Å². The van der Waals surface area contributed by atoms with Gasteiger partial charge in [0.15, 0.2) is 11.6 Å². The summed E-state index contributed by atoms with van der Waals surface area (Å²) in [5.41, 5.74) is 2.10. The SMILES string of the molecule is O=C(NCc1cccc(C(=O)NC2CC2)c1)NC[C@H]1CN(Cc2ccc(F)c(F)c2)CCO1. The molecule has 0 bridgehead atoms. The maximum Gasteiger partial charge on any atom is 0.315 e. The van der Waals surface area contributed by atoms with Crippen LogP contribution in [-0.2, 0) is 17.8 Å². The summed E-state index contributed by atoms with van der Waals surface area (Å²) in [4.78, 5) is 26.5. The van der Waals surface area contributed by atoms with E-state index < -0.39 is 11.6 Å². The number of nitrogens with zero attached hydrogens (tertiary/aromatic N) is 1. The molecule has 2 aliphatic rings. The molecule has 1 aliphatic heterocycles. The minimum absolute atomic E-state index is 0.0915. The zero-order valence-electron chi connectivity index (χ0n) is 18.3. The van der Waals surface area contributed by atoms with Gasteiger partial charge in [-0.25, -0.2) is 13.6 Å². The van der Waals surface area contributed by atoms with E-state index in [0.717, 1.165) is 24.5 Å². The normalized spacial score (nSPS) is 18.5. The number of carbonyl (C=O) groups is 2. The predicted octanol–water partition coefficient (Wildman–Crippen LogP) is 2.56. The Morgan fingerprint density at radius 3 is 2.67 bits per heavy atom. The topological polar surface area (TPSA) is 82.7 Å². The molecule has 33 heavy (non-hydrogen) atoms. The summed E-state index contributed by atoms with van der Waals surface area (Å²) in [6, 6.07) is 11.1. The highest BCUT2D eigenvalue weighted by molar-refractivity contribution is 5.94. The Kier molecular flexibility index (Phi) is 7.51. The van der Waals surface area contributed by atoms with Crippen LogP contribution >= 0.6 is 0 Å². The second-order valence-electron chi connectivity index (χ2n) is 8.49. The van der Waals surface area contributed by atoms with Crippen molar-refractivity contribution < 1.29 is 23.1 Å². The lowest BCUT2D eigenvalue weighted by Gasteiger charge is -2.33. The molecule has 1 aliphatic carbocycles. The van der Waals surface area contributed by atoms with Crippen LogP contribution in [0.2, 0.25) is 0 Å². The third-order valence-electron chi connectivity index (χ3n) is 5.66. The van der Waals surface area contributed by atoms with Gasteiger partial charge in [-0.05, 0) is 48.2 Å². The van der Waals surface area contributed by atoms with Crippen molar-refractivity contribution in [1.29, 1.82) is 0 Å². The fraction of sp³-hybridized carbons (Fsp3) is 0.417. The average Bonchev–Trinajstić information content (AvgIpc) is 3.63. The van der Waals surface area contributed by atoms with Crippen molar-refractivity contribution in [2.75, 3.05) is 26.2 Å². The molecule has 176 valence electrons. The van der Waals surface area contributed by atoms with Gasteiger partial charge in [0, 0.05) is 44.3 Å². The highest BCUT2D eigenvalue weighted by Gasteiger charge is 2.24. The summed E-state index contributed by atoms with van der Waals surface area (Å²) >= 11 is 0. The molecule has 2 fully saturated rings. The maximum atomic E-state index is 13.4. The molecular weight excluding hydrogens is 430 g/mol. The van der Waals surface area contributed by atoms with Gasteiger partial charge < -0.3 is 20.7 Å². The molecule has 2 aromatic carbocycles. The van der Waals surface area contributed by atoms with Crippen LogP contribution in [0.15, 0.2) is 42.5 Å². The first-order valence-electron chi connectivity index (χ1n) is 11.2. The van der Waals surface area contributed by atoms with Gasteiger partial charge in [-0.15, -0.1) is 0 Å². The Labute approximate surface area is 191 Å².